The van der Waals surface area contributed by atoms with Gasteiger partial charge in [0.1, 0.15) is 0 Å². The van der Waals surface area contributed by atoms with Crippen molar-refractivity contribution < 1.29 is 4.92 Å². The molecule has 3 aromatic rings. The minimum Gasteiger partial charge on any atom is -0.318 e. The minimum absolute atomic E-state index is 0.0570. The summed E-state index contributed by atoms with van der Waals surface area (Å²) in [4.78, 5) is 10.3. The van der Waals surface area contributed by atoms with Crippen molar-refractivity contribution in [1.82, 2.24) is 4.57 Å². The molecule has 144 valence electrons. The van der Waals surface area contributed by atoms with Crippen LogP contribution in [0.25, 0.3) is 5.69 Å². The molecular formula is C22H24N4O2. The van der Waals surface area contributed by atoms with Crippen molar-refractivity contribution in [2.45, 2.75) is 33.6 Å². The summed E-state index contributed by atoms with van der Waals surface area (Å²) >= 11 is 0. The van der Waals surface area contributed by atoms with Crippen LogP contribution in [0.3, 0.4) is 0 Å². The molecule has 0 saturated carbocycles. The van der Waals surface area contributed by atoms with Gasteiger partial charge >= 0.3 is 0 Å². The molecule has 0 aliphatic heterocycles. The van der Waals surface area contributed by atoms with E-state index in [0.29, 0.717) is 11.6 Å². The summed E-state index contributed by atoms with van der Waals surface area (Å²) in [6.45, 7) is 8.52. The smallest absolute Gasteiger partial charge is 0.269 e. The lowest BCUT2D eigenvalue weighted by Crippen LogP contribution is -2.00. The van der Waals surface area contributed by atoms with Crippen LogP contribution in [-0.2, 0) is 0 Å². The second-order valence-electron chi connectivity index (χ2n) is 7.08. The van der Waals surface area contributed by atoms with Gasteiger partial charge in [0.05, 0.1) is 16.8 Å². The fourth-order valence-electron chi connectivity index (χ4n) is 3.16. The fourth-order valence-corrected chi connectivity index (χ4v) is 3.16. The number of benzene rings is 2. The molecule has 0 fully saturated rings. The van der Waals surface area contributed by atoms with Crippen molar-refractivity contribution in [1.29, 1.82) is 0 Å². The third-order valence-corrected chi connectivity index (χ3v) is 4.76. The van der Waals surface area contributed by atoms with Crippen LogP contribution in [0.2, 0.25) is 0 Å². The van der Waals surface area contributed by atoms with Crippen LogP contribution >= 0.6 is 0 Å². The van der Waals surface area contributed by atoms with Crippen LogP contribution in [0.4, 0.5) is 11.4 Å². The number of hydrazone groups is 1. The molecule has 28 heavy (non-hydrogen) atoms. The van der Waals surface area contributed by atoms with Gasteiger partial charge in [-0.05, 0) is 55.7 Å². The molecule has 3 rings (SSSR count). The average molecular weight is 376 g/mol. The highest BCUT2D eigenvalue weighted by Crippen LogP contribution is 2.22. The first-order valence-electron chi connectivity index (χ1n) is 9.19. The lowest BCUT2D eigenvalue weighted by molar-refractivity contribution is -0.384. The van der Waals surface area contributed by atoms with Gasteiger partial charge in [0, 0.05) is 34.8 Å². The number of anilines is 1. The van der Waals surface area contributed by atoms with Crippen molar-refractivity contribution in [3.63, 3.8) is 0 Å². The van der Waals surface area contributed by atoms with E-state index in [9.17, 15) is 10.1 Å². The number of nitro benzene ring substituents is 1. The van der Waals surface area contributed by atoms with Gasteiger partial charge in [-0.2, -0.15) is 5.10 Å². The Hall–Kier alpha value is -3.41. The van der Waals surface area contributed by atoms with Crippen molar-refractivity contribution in [3.05, 3.63) is 87.2 Å². The first kappa shape index (κ1) is 19.4. The van der Waals surface area contributed by atoms with E-state index >= 15 is 0 Å². The van der Waals surface area contributed by atoms with E-state index in [1.54, 1.807) is 18.3 Å². The summed E-state index contributed by atoms with van der Waals surface area (Å²) in [6.07, 6.45) is 1.77. The SMILES string of the molecule is Cc1cc(/C=N\Nc2ccc([N+](=O)[O-])cc2)c(C)n1-c1ccc(C(C)C)cc1. The molecule has 0 aliphatic carbocycles. The van der Waals surface area contributed by atoms with Gasteiger partial charge in [-0.3, -0.25) is 15.5 Å². The first-order valence-corrected chi connectivity index (χ1v) is 9.19. The predicted molar refractivity (Wildman–Crippen MR) is 114 cm³/mol. The molecule has 0 saturated heterocycles. The second kappa shape index (κ2) is 8.08. The molecule has 0 bridgehead atoms. The monoisotopic (exact) mass is 376 g/mol. The topological polar surface area (TPSA) is 72.5 Å². The van der Waals surface area contributed by atoms with Crippen molar-refractivity contribution in [3.8, 4) is 5.69 Å². The second-order valence-corrected chi connectivity index (χ2v) is 7.08. The molecule has 6 heteroatoms. The van der Waals surface area contributed by atoms with Crippen LogP contribution in [0.15, 0.2) is 59.7 Å². The summed E-state index contributed by atoms with van der Waals surface area (Å²) in [5, 5.41) is 15.0. The standard InChI is InChI=1S/C22H24N4O2/c1-15(2)18-5-9-21(10-6-18)25-16(3)13-19(17(25)4)14-23-24-20-7-11-22(12-8-20)26(27)28/h5-15,24H,1-4H3/b23-14-. The average Bonchev–Trinajstić information content (AvgIpc) is 2.95. The summed E-state index contributed by atoms with van der Waals surface area (Å²) in [7, 11) is 0. The lowest BCUT2D eigenvalue weighted by Gasteiger charge is -2.12. The number of non-ortho nitro benzene ring substituents is 1. The van der Waals surface area contributed by atoms with Crippen LogP contribution in [0.1, 0.15) is 42.3 Å². The quantitative estimate of drug-likeness (QED) is 0.347. The molecule has 1 heterocycles. The van der Waals surface area contributed by atoms with Gasteiger partial charge in [-0.25, -0.2) is 0 Å². The highest BCUT2D eigenvalue weighted by atomic mass is 16.6. The highest BCUT2D eigenvalue weighted by molar-refractivity contribution is 5.82. The Morgan fingerprint density at radius 1 is 1.07 bits per heavy atom. The molecule has 0 radical (unpaired) electrons. The number of hydrogen-bond donors (Lipinski definition) is 1. The Morgan fingerprint density at radius 3 is 2.29 bits per heavy atom. The van der Waals surface area contributed by atoms with Crippen molar-refractivity contribution >= 4 is 17.6 Å². The zero-order valence-electron chi connectivity index (χ0n) is 16.5. The number of nitrogens with one attached hydrogen (secondary N) is 1. The molecule has 6 nitrogen and oxygen atoms in total. The van der Waals surface area contributed by atoms with Crippen molar-refractivity contribution in [2.24, 2.45) is 5.10 Å². The zero-order chi connectivity index (χ0) is 20.3. The van der Waals surface area contributed by atoms with E-state index in [4.69, 9.17) is 0 Å². The number of nitrogens with zero attached hydrogens (tertiary/aromatic N) is 3. The van der Waals surface area contributed by atoms with E-state index in [0.717, 1.165) is 22.6 Å². The van der Waals surface area contributed by atoms with Gasteiger partial charge < -0.3 is 4.57 Å². The zero-order valence-corrected chi connectivity index (χ0v) is 16.5. The lowest BCUT2D eigenvalue weighted by atomic mass is 10.0. The third kappa shape index (κ3) is 4.11. The molecular weight excluding hydrogens is 352 g/mol. The first-order chi connectivity index (χ1) is 13.4. The fraction of sp³-hybridized carbons (Fsp3) is 0.227. The van der Waals surface area contributed by atoms with Crippen molar-refractivity contribution in [2.75, 3.05) is 5.43 Å². The summed E-state index contributed by atoms with van der Waals surface area (Å²) in [6, 6.07) is 16.9. The molecule has 0 amide bonds. The highest BCUT2D eigenvalue weighted by Gasteiger charge is 2.10. The van der Waals surface area contributed by atoms with Gasteiger partial charge in [0.25, 0.3) is 5.69 Å². The van der Waals surface area contributed by atoms with Gasteiger partial charge in [0.15, 0.2) is 0 Å². The largest absolute Gasteiger partial charge is 0.318 e. The van der Waals surface area contributed by atoms with Gasteiger partial charge in [-0.1, -0.05) is 26.0 Å². The molecule has 2 aromatic carbocycles. The molecule has 0 atom stereocenters. The Bertz CT molecular complexity index is 1000. The Balaban J connectivity index is 1.77. The molecule has 0 unspecified atom stereocenters. The number of nitro groups is 1. The molecule has 0 aliphatic rings. The number of aromatic nitrogens is 1. The van der Waals surface area contributed by atoms with Crippen LogP contribution in [0.5, 0.6) is 0 Å². The summed E-state index contributed by atoms with van der Waals surface area (Å²) in [5.41, 5.74) is 9.36. The van der Waals surface area contributed by atoms with Crippen LogP contribution in [-0.4, -0.2) is 15.7 Å². The number of rotatable bonds is 6. The normalized spacial score (nSPS) is 11.3. The maximum Gasteiger partial charge on any atom is 0.269 e. The van der Waals surface area contributed by atoms with E-state index in [2.05, 4.69) is 73.1 Å². The summed E-state index contributed by atoms with van der Waals surface area (Å²) in [5.74, 6) is 0.508. The van der Waals surface area contributed by atoms with E-state index in [1.165, 1.54) is 17.7 Å². The summed E-state index contributed by atoms with van der Waals surface area (Å²) < 4.78 is 2.21. The molecule has 0 spiro atoms. The van der Waals surface area contributed by atoms with E-state index < -0.39 is 4.92 Å². The minimum atomic E-state index is -0.421. The maximum atomic E-state index is 10.7. The maximum absolute atomic E-state index is 10.7. The molecule has 1 aromatic heterocycles. The number of hydrogen-bond acceptors (Lipinski definition) is 4. The van der Waals surface area contributed by atoms with Gasteiger partial charge in [0.2, 0.25) is 0 Å². The Morgan fingerprint density at radius 2 is 1.71 bits per heavy atom. The number of aryl methyl sites for hydroxylation is 1. The molecule has 1 N–H and O–H groups in total. The predicted octanol–water partition coefficient (Wildman–Crippen LogP) is 5.57. The van der Waals surface area contributed by atoms with E-state index in [1.807, 2.05) is 0 Å². The third-order valence-electron chi connectivity index (χ3n) is 4.76. The Labute approximate surface area is 164 Å². The Kier molecular flexibility index (Phi) is 5.59. The van der Waals surface area contributed by atoms with Gasteiger partial charge in [-0.15, -0.1) is 0 Å². The van der Waals surface area contributed by atoms with E-state index in [-0.39, 0.29) is 5.69 Å². The van der Waals surface area contributed by atoms with Crippen LogP contribution in [0, 0.1) is 24.0 Å². The van der Waals surface area contributed by atoms with Crippen LogP contribution < -0.4 is 5.43 Å².